The molecule has 5 rings (SSSR count). The number of nitrogens with zero attached hydrogens (tertiary/aromatic N) is 2. The molecule has 8 nitrogen and oxygen atoms in total. The predicted octanol–water partition coefficient (Wildman–Crippen LogP) is 9.05. The van der Waals surface area contributed by atoms with E-state index in [1.54, 1.807) is 19.5 Å². The maximum absolute atomic E-state index is 11.6. The van der Waals surface area contributed by atoms with Gasteiger partial charge in [0.25, 0.3) is 0 Å². The summed E-state index contributed by atoms with van der Waals surface area (Å²) in [4.78, 5) is 10.3. The number of ether oxygens (including phenoxy) is 4. The summed E-state index contributed by atoms with van der Waals surface area (Å²) >= 11 is 0. The highest BCUT2D eigenvalue weighted by molar-refractivity contribution is 5.86. The minimum atomic E-state index is -0.783. The molecular formula is C44H60N2O6. The van der Waals surface area contributed by atoms with Crippen molar-refractivity contribution >= 4 is 12.4 Å². The normalized spacial score (nSPS) is 24.8. The number of aromatic hydroxyl groups is 2. The third-order valence-corrected chi connectivity index (χ3v) is 10.0. The second kappa shape index (κ2) is 14.7. The summed E-state index contributed by atoms with van der Waals surface area (Å²) in [5.41, 5.74) is 5.11. The first-order valence-electron chi connectivity index (χ1n) is 18.4. The maximum atomic E-state index is 11.6. The first-order chi connectivity index (χ1) is 24.1. The van der Waals surface area contributed by atoms with Crippen molar-refractivity contribution in [1.82, 2.24) is 0 Å². The van der Waals surface area contributed by atoms with Gasteiger partial charge in [0.15, 0.2) is 12.6 Å². The summed E-state index contributed by atoms with van der Waals surface area (Å²) in [5.74, 6) is 0.392. The van der Waals surface area contributed by atoms with Crippen molar-refractivity contribution in [3.05, 3.63) is 93.5 Å². The van der Waals surface area contributed by atoms with E-state index in [0.29, 0.717) is 11.1 Å². The minimum Gasteiger partial charge on any atom is -0.507 e. The molecule has 3 aromatic carbocycles. The number of fused-ring (bicyclic) bond motifs is 1. The molecule has 52 heavy (non-hydrogen) atoms. The molecule has 2 aliphatic rings. The van der Waals surface area contributed by atoms with Gasteiger partial charge < -0.3 is 29.2 Å². The van der Waals surface area contributed by atoms with Crippen molar-refractivity contribution in [3.63, 3.8) is 0 Å². The quantitative estimate of drug-likeness (QED) is 0.247. The average Bonchev–Trinajstić information content (AvgIpc) is 3.05. The number of hydrogen-bond acceptors (Lipinski definition) is 8. The van der Waals surface area contributed by atoms with Gasteiger partial charge >= 0.3 is 0 Å². The van der Waals surface area contributed by atoms with Crippen molar-refractivity contribution in [2.75, 3.05) is 13.7 Å². The number of hydrogen-bond donors (Lipinski definition) is 2. The molecule has 2 saturated heterocycles. The molecule has 0 radical (unpaired) electrons. The van der Waals surface area contributed by atoms with Crippen molar-refractivity contribution in [2.24, 2.45) is 9.98 Å². The molecular weight excluding hydrogens is 652 g/mol. The topological polar surface area (TPSA) is 102 Å². The van der Waals surface area contributed by atoms with E-state index in [2.05, 4.69) is 95.2 Å². The Bertz CT molecular complexity index is 1770. The summed E-state index contributed by atoms with van der Waals surface area (Å²) in [5, 5.41) is 23.2. The molecule has 1 unspecified atom stereocenters. The highest BCUT2D eigenvalue weighted by atomic mass is 16.7. The van der Waals surface area contributed by atoms with Gasteiger partial charge in [0.2, 0.25) is 0 Å². The number of aliphatic imine (C=N–C) groups is 2. The summed E-state index contributed by atoms with van der Waals surface area (Å²) in [6, 6.07) is 16.8. The Labute approximate surface area is 311 Å². The molecule has 0 aromatic heterocycles. The van der Waals surface area contributed by atoms with Gasteiger partial charge in [0.05, 0.1) is 6.61 Å². The smallest absolute Gasteiger partial charge is 0.184 e. The molecule has 0 aliphatic carbocycles. The molecule has 2 N–H and O–H groups in total. The van der Waals surface area contributed by atoms with Crippen LogP contribution in [0.2, 0.25) is 0 Å². The number of rotatable bonds is 6. The van der Waals surface area contributed by atoms with Crippen LogP contribution in [0.25, 0.3) is 0 Å². The first kappa shape index (κ1) is 39.6. The van der Waals surface area contributed by atoms with Gasteiger partial charge in [0.1, 0.15) is 35.8 Å². The first-order valence-corrected chi connectivity index (χ1v) is 18.4. The van der Waals surface area contributed by atoms with Crippen LogP contribution in [0.1, 0.15) is 128 Å². The monoisotopic (exact) mass is 712 g/mol. The molecule has 3 aromatic rings. The summed E-state index contributed by atoms with van der Waals surface area (Å²) in [6.07, 6.45) is 1.01. The Morgan fingerprint density at radius 1 is 0.654 bits per heavy atom. The van der Waals surface area contributed by atoms with E-state index >= 15 is 0 Å². The number of phenolic OH excluding ortho intramolecular Hbond substituents is 2. The molecule has 282 valence electrons. The Hall–Kier alpha value is -3.56. The summed E-state index contributed by atoms with van der Waals surface area (Å²) in [6.45, 7) is 25.8. The molecule has 2 aliphatic heterocycles. The maximum Gasteiger partial charge on any atom is 0.184 e. The zero-order chi connectivity index (χ0) is 38.4. The summed E-state index contributed by atoms with van der Waals surface area (Å²) in [7, 11) is 1.59. The number of methoxy groups -OCH3 is 1. The second-order valence-corrected chi connectivity index (χ2v) is 18.4. The minimum absolute atomic E-state index is 0.156. The van der Waals surface area contributed by atoms with Crippen molar-refractivity contribution in [2.45, 2.75) is 142 Å². The van der Waals surface area contributed by atoms with Crippen LogP contribution in [0.5, 0.6) is 11.5 Å². The molecule has 0 amide bonds. The standard InChI is InChI=1S/C44H60N2O6/c1-41(2,3)29-19-27(36(47)31(21-29)43(7,8)9)23-45-34-35(46-24-28-20-30(42(4,5)6)22-32(37(28)48)44(10,11)12)40(49-13)51-33-25-50-39(52-38(33)34)26-17-15-14-16-18-26/h14-24,33-35,38-40,47-48H,25H2,1-13H3/t33-,34-,35-,38-,39?,40+/m1/s1. The highest BCUT2D eigenvalue weighted by Crippen LogP contribution is 2.41. The highest BCUT2D eigenvalue weighted by Gasteiger charge is 2.50. The predicted molar refractivity (Wildman–Crippen MR) is 209 cm³/mol. The van der Waals surface area contributed by atoms with Gasteiger partial charge in [-0.25, -0.2) is 0 Å². The Morgan fingerprint density at radius 2 is 1.13 bits per heavy atom. The Kier molecular flexibility index (Phi) is 11.2. The molecule has 0 spiro atoms. The largest absolute Gasteiger partial charge is 0.507 e. The van der Waals surface area contributed by atoms with Gasteiger partial charge in [-0.2, -0.15) is 0 Å². The lowest BCUT2D eigenvalue weighted by atomic mass is 9.79. The van der Waals surface area contributed by atoms with Crippen LogP contribution in [0.15, 0.2) is 64.6 Å². The Morgan fingerprint density at radius 3 is 1.58 bits per heavy atom. The molecule has 6 atom stereocenters. The van der Waals surface area contributed by atoms with E-state index in [-0.39, 0.29) is 39.8 Å². The van der Waals surface area contributed by atoms with Gasteiger partial charge in [-0.3, -0.25) is 9.98 Å². The van der Waals surface area contributed by atoms with Gasteiger partial charge in [0, 0.05) is 47.4 Å². The zero-order valence-corrected chi connectivity index (χ0v) is 33.4. The lowest BCUT2D eigenvalue weighted by Crippen LogP contribution is -2.61. The molecule has 2 fully saturated rings. The zero-order valence-electron chi connectivity index (χ0n) is 33.4. The van der Waals surface area contributed by atoms with E-state index in [1.165, 1.54) is 0 Å². The van der Waals surface area contributed by atoms with Crippen LogP contribution in [-0.2, 0) is 40.6 Å². The number of phenols is 2. The lowest BCUT2D eigenvalue weighted by Gasteiger charge is -2.46. The fraction of sp³-hybridized carbons (Fsp3) is 0.545. The van der Waals surface area contributed by atoms with Gasteiger partial charge in [-0.05, 0) is 44.9 Å². The average molecular weight is 713 g/mol. The van der Waals surface area contributed by atoms with E-state index < -0.39 is 36.9 Å². The Balaban J connectivity index is 1.65. The van der Waals surface area contributed by atoms with Crippen LogP contribution in [0.4, 0.5) is 0 Å². The SMILES string of the molecule is CO[C@H]1O[C@@H]2COC(c3ccccc3)O[C@H]2[C@H](N=Cc2cc(C(C)(C)C)cc(C(C)(C)C)c2O)[C@H]1N=Cc1cc(C(C)(C)C)cc(C(C)(C)C)c1O. The van der Waals surface area contributed by atoms with E-state index in [0.717, 1.165) is 27.8 Å². The van der Waals surface area contributed by atoms with E-state index in [4.69, 9.17) is 28.9 Å². The van der Waals surface area contributed by atoms with Crippen LogP contribution in [0, 0.1) is 0 Å². The summed E-state index contributed by atoms with van der Waals surface area (Å²) < 4.78 is 25.3. The molecule has 2 heterocycles. The van der Waals surface area contributed by atoms with Gasteiger partial charge in [-0.15, -0.1) is 0 Å². The fourth-order valence-electron chi connectivity index (χ4n) is 6.74. The second-order valence-electron chi connectivity index (χ2n) is 18.4. The molecule has 0 saturated carbocycles. The fourth-order valence-corrected chi connectivity index (χ4v) is 6.74. The van der Waals surface area contributed by atoms with E-state index in [1.807, 2.05) is 42.5 Å². The third-order valence-electron chi connectivity index (χ3n) is 10.0. The number of benzene rings is 3. The van der Waals surface area contributed by atoms with Crippen LogP contribution < -0.4 is 0 Å². The van der Waals surface area contributed by atoms with Crippen molar-refractivity contribution < 1.29 is 29.2 Å². The van der Waals surface area contributed by atoms with Gasteiger partial charge in [-0.1, -0.05) is 126 Å². The van der Waals surface area contributed by atoms with Crippen LogP contribution in [-0.4, -0.2) is 66.9 Å². The van der Waals surface area contributed by atoms with Crippen molar-refractivity contribution in [3.8, 4) is 11.5 Å². The lowest BCUT2D eigenvalue weighted by molar-refractivity contribution is -0.320. The molecule has 8 heteroatoms. The molecule has 0 bridgehead atoms. The van der Waals surface area contributed by atoms with Crippen LogP contribution in [0.3, 0.4) is 0 Å². The van der Waals surface area contributed by atoms with Crippen LogP contribution >= 0.6 is 0 Å². The van der Waals surface area contributed by atoms with E-state index in [9.17, 15) is 10.2 Å². The third kappa shape index (κ3) is 8.62. The van der Waals surface area contributed by atoms with Crippen molar-refractivity contribution in [1.29, 1.82) is 0 Å².